The van der Waals surface area contributed by atoms with Crippen LogP contribution in [0.5, 0.6) is 0 Å². The molecule has 2 nitrogen and oxygen atoms in total. The number of anilines is 3. The van der Waals surface area contributed by atoms with Gasteiger partial charge < -0.3 is 9.47 Å². The van der Waals surface area contributed by atoms with Gasteiger partial charge in [0, 0.05) is 53.7 Å². The normalized spacial score (nSPS) is 11.5. The van der Waals surface area contributed by atoms with Crippen molar-refractivity contribution >= 4 is 70.4 Å². The van der Waals surface area contributed by atoms with E-state index in [-0.39, 0.29) is 0 Å². The van der Waals surface area contributed by atoms with Gasteiger partial charge in [-0.05, 0) is 100 Å². The molecular formula is C54H36N2S. The summed E-state index contributed by atoms with van der Waals surface area (Å²) in [6.45, 7) is 0. The molecule has 2 heterocycles. The Morgan fingerprint density at radius 3 is 1.53 bits per heavy atom. The molecule has 0 spiro atoms. The van der Waals surface area contributed by atoms with Gasteiger partial charge in [0.25, 0.3) is 0 Å². The van der Waals surface area contributed by atoms with Crippen LogP contribution in [-0.2, 0) is 0 Å². The van der Waals surface area contributed by atoms with Crippen molar-refractivity contribution in [3.05, 3.63) is 218 Å². The molecule has 0 saturated heterocycles. The molecule has 3 heteroatoms. The Balaban J connectivity index is 1.02. The number of nitrogens with zero attached hydrogens (tertiary/aromatic N) is 2. The van der Waals surface area contributed by atoms with Gasteiger partial charge in [0.15, 0.2) is 0 Å². The first kappa shape index (κ1) is 33.2. The number of hydrogen-bond acceptors (Lipinski definition) is 2. The number of thiophene rings is 1. The summed E-state index contributed by atoms with van der Waals surface area (Å²) in [5.41, 5.74) is 14.2. The summed E-state index contributed by atoms with van der Waals surface area (Å²) < 4.78 is 5.00. The van der Waals surface area contributed by atoms with E-state index in [1.807, 2.05) is 11.3 Å². The first-order chi connectivity index (χ1) is 28.3. The summed E-state index contributed by atoms with van der Waals surface area (Å²) in [4.78, 5) is 2.38. The van der Waals surface area contributed by atoms with E-state index in [1.54, 1.807) is 0 Å². The molecule has 0 amide bonds. The van der Waals surface area contributed by atoms with E-state index < -0.39 is 0 Å². The van der Waals surface area contributed by atoms with E-state index in [0.717, 1.165) is 22.7 Å². The van der Waals surface area contributed by atoms with E-state index in [2.05, 4.69) is 228 Å². The Kier molecular flexibility index (Phi) is 8.04. The highest BCUT2D eigenvalue weighted by Crippen LogP contribution is 2.43. The fourth-order valence-corrected chi connectivity index (χ4v) is 9.64. The average molecular weight is 745 g/mol. The molecule has 0 aliphatic heterocycles. The van der Waals surface area contributed by atoms with Gasteiger partial charge in [0.05, 0.1) is 11.0 Å². The van der Waals surface area contributed by atoms with Crippen LogP contribution < -0.4 is 4.90 Å². The predicted molar refractivity (Wildman–Crippen MR) is 245 cm³/mol. The molecule has 0 saturated carbocycles. The third kappa shape index (κ3) is 5.80. The van der Waals surface area contributed by atoms with Gasteiger partial charge in [-0.2, -0.15) is 0 Å². The molecule has 0 N–H and O–H groups in total. The SMILES string of the molecule is c1ccc(-c2ccc(N(c3ccc(-c4cccc5c4c4ccccc4n5-c4ccc(-c5ccccc5)cc4)cc3)c3ccc4c(c3)sc3ccccc34)cc2)cc1. The van der Waals surface area contributed by atoms with E-state index >= 15 is 0 Å². The second-order valence-corrected chi connectivity index (χ2v) is 15.6. The second-order valence-electron chi connectivity index (χ2n) is 14.5. The maximum atomic E-state index is 2.41. The maximum absolute atomic E-state index is 2.41. The summed E-state index contributed by atoms with van der Waals surface area (Å²) in [6, 6.07) is 79.3. The zero-order valence-corrected chi connectivity index (χ0v) is 31.9. The topological polar surface area (TPSA) is 8.17 Å². The van der Waals surface area contributed by atoms with Crippen LogP contribution in [0.15, 0.2) is 218 Å². The molecule has 0 bridgehead atoms. The van der Waals surface area contributed by atoms with Crippen molar-refractivity contribution < 1.29 is 0 Å². The van der Waals surface area contributed by atoms with Crippen molar-refractivity contribution in [2.75, 3.05) is 4.90 Å². The fraction of sp³-hybridized carbons (Fsp3) is 0. The fourth-order valence-electron chi connectivity index (χ4n) is 8.50. The quantitative estimate of drug-likeness (QED) is 0.158. The van der Waals surface area contributed by atoms with Crippen LogP contribution in [-0.4, -0.2) is 4.57 Å². The third-order valence-corrected chi connectivity index (χ3v) is 12.4. The van der Waals surface area contributed by atoms with Crippen molar-refractivity contribution in [2.45, 2.75) is 0 Å². The number of benzene rings is 9. The summed E-state index contributed by atoms with van der Waals surface area (Å²) >= 11 is 1.86. The van der Waals surface area contributed by atoms with Gasteiger partial charge in [-0.15, -0.1) is 11.3 Å². The monoisotopic (exact) mass is 744 g/mol. The predicted octanol–water partition coefficient (Wildman–Crippen LogP) is 15.6. The third-order valence-electron chi connectivity index (χ3n) is 11.2. The number of aromatic nitrogens is 1. The molecular weight excluding hydrogens is 709 g/mol. The van der Waals surface area contributed by atoms with Crippen LogP contribution in [0.3, 0.4) is 0 Å². The molecule has 268 valence electrons. The Morgan fingerprint density at radius 1 is 0.333 bits per heavy atom. The Bertz CT molecular complexity index is 3200. The van der Waals surface area contributed by atoms with Crippen molar-refractivity contribution in [1.29, 1.82) is 0 Å². The molecule has 9 aromatic carbocycles. The van der Waals surface area contributed by atoms with E-state index in [9.17, 15) is 0 Å². The summed E-state index contributed by atoms with van der Waals surface area (Å²) in [7, 11) is 0. The molecule has 2 aromatic heterocycles. The molecule has 0 fully saturated rings. The van der Waals surface area contributed by atoms with Crippen molar-refractivity contribution in [2.24, 2.45) is 0 Å². The Morgan fingerprint density at radius 2 is 0.842 bits per heavy atom. The summed E-state index contributed by atoms with van der Waals surface area (Å²) in [5, 5.41) is 5.12. The highest BCUT2D eigenvalue weighted by Gasteiger charge is 2.18. The maximum Gasteiger partial charge on any atom is 0.0547 e. The number of para-hydroxylation sites is 1. The first-order valence-corrected chi connectivity index (χ1v) is 20.2. The first-order valence-electron chi connectivity index (χ1n) is 19.4. The van der Waals surface area contributed by atoms with E-state index in [0.29, 0.717) is 0 Å². The zero-order valence-electron chi connectivity index (χ0n) is 31.1. The second kappa shape index (κ2) is 13.8. The van der Waals surface area contributed by atoms with Crippen LogP contribution in [0, 0.1) is 0 Å². The van der Waals surface area contributed by atoms with E-state index in [4.69, 9.17) is 0 Å². The van der Waals surface area contributed by atoms with Crippen molar-refractivity contribution in [3.63, 3.8) is 0 Å². The molecule has 11 rings (SSSR count). The Labute approximate surface area is 335 Å². The van der Waals surface area contributed by atoms with Gasteiger partial charge in [-0.25, -0.2) is 0 Å². The lowest BCUT2D eigenvalue weighted by atomic mass is 9.99. The molecule has 11 aromatic rings. The molecule has 0 aliphatic rings. The lowest BCUT2D eigenvalue weighted by Gasteiger charge is -2.26. The molecule has 0 atom stereocenters. The molecule has 0 aliphatic carbocycles. The average Bonchev–Trinajstić information content (AvgIpc) is 3.83. The molecule has 0 radical (unpaired) electrons. The van der Waals surface area contributed by atoms with Gasteiger partial charge in [0.2, 0.25) is 0 Å². The lowest BCUT2D eigenvalue weighted by molar-refractivity contribution is 1.18. The van der Waals surface area contributed by atoms with Gasteiger partial charge in [-0.3, -0.25) is 0 Å². The van der Waals surface area contributed by atoms with Crippen molar-refractivity contribution in [3.8, 4) is 39.1 Å². The minimum absolute atomic E-state index is 1.11. The summed E-state index contributed by atoms with van der Waals surface area (Å²) in [6.07, 6.45) is 0. The van der Waals surface area contributed by atoms with Gasteiger partial charge in [0.1, 0.15) is 0 Å². The lowest BCUT2D eigenvalue weighted by Crippen LogP contribution is -2.09. The largest absolute Gasteiger partial charge is 0.310 e. The van der Waals surface area contributed by atoms with Crippen LogP contribution in [0.2, 0.25) is 0 Å². The molecule has 57 heavy (non-hydrogen) atoms. The van der Waals surface area contributed by atoms with Gasteiger partial charge >= 0.3 is 0 Å². The molecule has 0 unspecified atom stereocenters. The van der Waals surface area contributed by atoms with Crippen LogP contribution >= 0.6 is 11.3 Å². The highest BCUT2D eigenvalue weighted by atomic mass is 32.1. The number of hydrogen-bond donors (Lipinski definition) is 0. The van der Waals surface area contributed by atoms with Crippen LogP contribution in [0.1, 0.15) is 0 Å². The number of rotatable bonds is 7. The van der Waals surface area contributed by atoms with E-state index in [1.165, 1.54) is 75.4 Å². The highest BCUT2D eigenvalue weighted by molar-refractivity contribution is 7.25. The standard InChI is InChI=1S/C54H36N2S/c1-3-12-37(13-4-1)39-22-28-42(29-23-39)55(45-34-35-48-47-16-8-10-21-52(47)57-53(48)36-45)43-32-26-41(27-33-43)46-18-11-20-51-54(46)49-17-7-9-19-50(49)56(51)44-30-24-40(25-31-44)38-14-5-2-6-15-38/h1-36H. The number of fused-ring (bicyclic) bond motifs is 6. The van der Waals surface area contributed by atoms with Gasteiger partial charge in [-0.1, -0.05) is 152 Å². The minimum Gasteiger partial charge on any atom is -0.310 e. The Hall–Kier alpha value is -7.20. The zero-order chi connectivity index (χ0) is 37.7. The minimum atomic E-state index is 1.11. The summed E-state index contributed by atoms with van der Waals surface area (Å²) in [5.74, 6) is 0. The van der Waals surface area contributed by atoms with Crippen molar-refractivity contribution in [1.82, 2.24) is 4.57 Å². The van der Waals surface area contributed by atoms with Crippen LogP contribution in [0.25, 0.3) is 81.0 Å². The smallest absolute Gasteiger partial charge is 0.0547 e. The van der Waals surface area contributed by atoms with Crippen LogP contribution in [0.4, 0.5) is 17.1 Å².